The summed E-state index contributed by atoms with van der Waals surface area (Å²) < 4.78 is 5.36. The van der Waals surface area contributed by atoms with Crippen molar-refractivity contribution in [3.63, 3.8) is 0 Å². The van der Waals surface area contributed by atoms with E-state index in [2.05, 4.69) is 10.3 Å². The smallest absolute Gasteiger partial charge is 0.349 e. The molecule has 0 spiro atoms. The number of benzene rings is 2. The van der Waals surface area contributed by atoms with E-state index in [-0.39, 0.29) is 5.56 Å². The third-order valence-electron chi connectivity index (χ3n) is 5.91. The van der Waals surface area contributed by atoms with Crippen molar-refractivity contribution in [1.29, 1.82) is 0 Å². The summed E-state index contributed by atoms with van der Waals surface area (Å²) >= 11 is 1.57. The fourth-order valence-electron chi connectivity index (χ4n) is 4.37. The topological polar surface area (TPSA) is 88.0 Å². The molecule has 0 saturated carbocycles. The molecule has 1 aliphatic carbocycles. The SMILES string of the molecule is O=C(Nc1sc2c(c1-c1nc3ccccc3[nH]1)CCCC2)c1cc2ccccc2oc1=O. The molecule has 2 aromatic carbocycles. The molecule has 0 atom stereocenters. The summed E-state index contributed by atoms with van der Waals surface area (Å²) in [5, 5.41) is 4.42. The summed E-state index contributed by atoms with van der Waals surface area (Å²) in [6.45, 7) is 0. The Hall–Kier alpha value is -3.71. The van der Waals surface area contributed by atoms with Crippen LogP contribution in [-0.4, -0.2) is 15.9 Å². The minimum atomic E-state index is -0.646. The number of imidazole rings is 1. The molecule has 0 fully saturated rings. The van der Waals surface area contributed by atoms with Crippen LogP contribution >= 0.6 is 11.3 Å². The van der Waals surface area contributed by atoms with Gasteiger partial charge in [0.1, 0.15) is 22.0 Å². The van der Waals surface area contributed by atoms with Gasteiger partial charge in [-0.2, -0.15) is 0 Å². The predicted octanol–water partition coefficient (Wildman–Crippen LogP) is 5.53. The quantitative estimate of drug-likeness (QED) is 0.360. The van der Waals surface area contributed by atoms with E-state index in [1.165, 1.54) is 10.4 Å². The molecule has 1 aliphatic rings. The number of nitrogens with zero attached hydrogens (tertiary/aromatic N) is 1. The molecule has 0 bridgehead atoms. The molecule has 5 aromatic rings. The Bertz CT molecular complexity index is 1530. The first-order valence-electron chi connectivity index (χ1n) is 10.6. The molecule has 0 radical (unpaired) electrons. The first kappa shape index (κ1) is 19.0. The maximum Gasteiger partial charge on any atom is 0.349 e. The van der Waals surface area contributed by atoms with Gasteiger partial charge in [0.25, 0.3) is 5.91 Å². The highest BCUT2D eigenvalue weighted by Gasteiger charge is 2.26. The number of aromatic amines is 1. The number of aryl methyl sites for hydroxylation is 1. The lowest BCUT2D eigenvalue weighted by atomic mass is 9.95. The number of aromatic nitrogens is 2. The van der Waals surface area contributed by atoms with E-state index < -0.39 is 11.5 Å². The molecule has 0 saturated heterocycles. The largest absolute Gasteiger partial charge is 0.422 e. The van der Waals surface area contributed by atoms with Crippen LogP contribution in [0.1, 0.15) is 33.6 Å². The monoisotopic (exact) mass is 441 g/mol. The highest BCUT2D eigenvalue weighted by Crippen LogP contribution is 2.43. The van der Waals surface area contributed by atoms with E-state index in [9.17, 15) is 9.59 Å². The molecule has 7 heteroatoms. The Morgan fingerprint density at radius 3 is 2.78 bits per heavy atom. The molecule has 2 N–H and O–H groups in total. The molecule has 158 valence electrons. The van der Waals surface area contributed by atoms with Crippen LogP contribution < -0.4 is 10.9 Å². The van der Waals surface area contributed by atoms with Crippen LogP contribution in [0.3, 0.4) is 0 Å². The zero-order chi connectivity index (χ0) is 21.7. The standard InChI is InChI=1S/C25H19N3O3S/c29-23(16-13-14-7-1-5-11-19(14)31-25(16)30)28-24-21(15-8-2-6-12-20(15)32-24)22-26-17-9-3-4-10-18(17)27-22/h1,3-5,7,9-11,13H,2,6,8,12H2,(H,26,27)(H,28,29). The second-order valence-electron chi connectivity index (χ2n) is 7.96. The van der Waals surface area contributed by atoms with Gasteiger partial charge in [-0.05, 0) is 55.5 Å². The molecule has 3 aromatic heterocycles. The van der Waals surface area contributed by atoms with Crippen molar-refractivity contribution in [2.75, 3.05) is 5.32 Å². The lowest BCUT2D eigenvalue weighted by molar-refractivity contribution is 0.102. The van der Waals surface area contributed by atoms with E-state index in [1.54, 1.807) is 29.5 Å². The second-order valence-corrected chi connectivity index (χ2v) is 9.06. The van der Waals surface area contributed by atoms with Crippen LogP contribution in [0.25, 0.3) is 33.4 Å². The van der Waals surface area contributed by atoms with Gasteiger partial charge in [0, 0.05) is 10.3 Å². The summed E-state index contributed by atoms with van der Waals surface area (Å²) in [5.41, 5.74) is 3.80. The van der Waals surface area contributed by atoms with E-state index in [4.69, 9.17) is 9.40 Å². The number of fused-ring (bicyclic) bond motifs is 3. The molecule has 6 nitrogen and oxygen atoms in total. The van der Waals surface area contributed by atoms with Crippen molar-refractivity contribution in [3.8, 4) is 11.4 Å². The summed E-state index contributed by atoms with van der Waals surface area (Å²) in [6, 6.07) is 16.6. The summed E-state index contributed by atoms with van der Waals surface area (Å²) in [5.74, 6) is 0.270. The summed E-state index contributed by atoms with van der Waals surface area (Å²) in [7, 11) is 0. The molecule has 1 amide bonds. The van der Waals surface area contributed by atoms with Crippen LogP contribution in [-0.2, 0) is 12.8 Å². The molecular formula is C25H19N3O3S. The second kappa shape index (κ2) is 7.46. The van der Waals surface area contributed by atoms with Gasteiger partial charge in [-0.25, -0.2) is 9.78 Å². The van der Waals surface area contributed by atoms with Crippen LogP contribution in [0, 0.1) is 0 Å². The summed E-state index contributed by atoms with van der Waals surface area (Å²) in [4.78, 5) is 35.1. The highest BCUT2D eigenvalue weighted by atomic mass is 32.1. The fraction of sp³-hybridized carbons (Fsp3) is 0.160. The van der Waals surface area contributed by atoms with Gasteiger partial charge in [0.2, 0.25) is 0 Å². The van der Waals surface area contributed by atoms with E-state index in [0.717, 1.165) is 48.1 Å². The van der Waals surface area contributed by atoms with Crippen LogP contribution in [0.2, 0.25) is 0 Å². The average Bonchev–Trinajstić information content (AvgIpc) is 3.39. The van der Waals surface area contributed by atoms with E-state index in [0.29, 0.717) is 16.0 Å². The molecule has 0 aliphatic heterocycles. The number of hydrogen-bond donors (Lipinski definition) is 2. The normalized spacial score (nSPS) is 13.4. The molecule has 32 heavy (non-hydrogen) atoms. The van der Waals surface area contributed by atoms with Crippen molar-refractivity contribution < 1.29 is 9.21 Å². The number of anilines is 1. The minimum Gasteiger partial charge on any atom is -0.422 e. The number of amides is 1. The van der Waals surface area contributed by atoms with E-state index in [1.807, 2.05) is 36.4 Å². The van der Waals surface area contributed by atoms with Gasteiger partial charge < -0.3 is 14.7 Å². The number of carbonyl (C=O) groups excluding carboxylic acids is 1. The Kier molecular flexibility index (Phi) is 4.43. The summed E-state index contributed by atoms with van der Waals surface area (Å²) in [6.07, 6.45) is 4.18. The van der Waals surface area contributed by atoms with Crippen molar-refractivity contribution in [2.45, 2.75) is 25.7 Å². The van der Waals surface area contributed by atoms with Gasteiger partial charge in [-0.3, -0.25) is 4.79 Å². The molecule has 0 unspecified atom stereocenters. The van der Waals surface area contributed by atoms with Crippen molar-refractivity contribution in [1.82, 2.24) is 9.97 Å². The number of nitrogens with one attached hydrogen (secondary N) is 2. The number of H-pyrrole nitrogens is 1. The van der Waals surface area contributed by atoms with Crippen LogP contribution in [0.15, 0.2) is 63.8 Å². The Morgan fingerprint density at radius 2 is 1.88 bits per heavy atom. The number of thiophene rings is 1. The Balaban J connectivity index is 1.45. The molecular weight excluding hydrogens is 422 g/mol. The van der Waals surface area contributed by atoms with Gasteiger partial charge in [0.15, 0.2) is 0 Å². The van der Waals surface area contributed by atoms with Gasteiger partial charge in [0.05, 0.1) is 16.6 Å². The lowest BCUT2D eigenvalue weighted by Crippen LogP contribution is -2.20. The maximum absolute atomic E-state index is 13.2. The maximum atomic E-state index is 13.2. The van der Waals surface area contributed by atoms with Crippen LogP contribution in [0.5, 0.6) is 0 Å². The number of rotatable bonds is 3. The highest BCUT2D eigenvalue weighted by molar-refractivity contribution is 7.17. The van der Waals surface area contributed by atoms with Gasteiger partial charge in [-0.15, -0.1) is 11.3 Å². The third kappa shape index (κ3) is 3.13. The third-order valence-corrected chi connectivity index (χ3v) is 7.12. The van der Waals surface area contributed by atoms with Crippen LogP contribution in [0.4, 0.5) is 5.00 Å². The van der Waals surface area contributed by atoms with Crippen molar-refractivity contribution in [2.24, 2.45) is 0 Å². The minimum absolute atomic E-state index is 0.00868. The number of hydrogen-bond acceptors (Lipinski definition) is 5. The first-order valence-corrected chi connectivity index (χ1v) is 11.4. The predicted molar refractivity (Wildman–Crippen MR) is 126 cm³/mol. The fourth-order valence-corrected chi connectivity index (χ4v) is 5.65. The van der Waals surface area contributed by atoms with E-state index >= 15 is 0 Å². The Labute approximate surface area is 186 Å². The van der Waals surface area contributed by atoms with Crippen molar-refractivity contribution in [3.05, 3.63) is 81.0 Å². The van der Waals surface area contributed by atoms with Crippen molar-refractivity contribution >= 4 is 44.2 Å². The number of para-hydroxylation sites is 3. The van der Waals surface area contributed by atoms with Gasteiger partial charge >= 0.3 is 5.63 Å². The lowest BCUT2D eigenvalue weighted by Gasteiger charge is -2.12. The average molecular weight is 442 g/mol. The molecule has 3 heterocycles. The molecule has 6 rings (SSSR count). The zero-order valence-electron chi connectivity index (χ0n) is 17.1. The zero-order valence-corrected chi connectivity index (χ0v) is 17.9. The first-order chi connectivity index (χ1) is 15.7. The Morgan fingerprint density at radius 1 is 1.06 bits per heavy atom. The number of carbonyl (C=O) groups is 1. The van der Waals surface area contributed by atoms with Gasteiger partial charge in [-0.1, -0.05) is 30.3 Å².